The van der Waals surface area contributed by atoms with Crippen LogP contribution in [0.25, 0.3) is 0 Å². The fraction of sp³-hybridized carbons (Fsp3) is 0.733. The van der Waals surface area contributed by atoms with Crippen LogP contribution in [0.15, 0.2) is 0 Å². The van der Waals surface area contributed by atoms with Gasteiger partial charge in [0.1, 0.15) is 17.5 Å². The monoisotopic (exact) mass is 279 g/mol. The Labute approximate surface area is 123 Å². The predicted octanol–water partition coefficient (Wildman–Crippen LogP) is 2.53. The second kappa shape index (κ2) is 8.74. The van der Waals surface area contributed by atoms with E-state index in [4.69, 9.17) is 0 Å². The molecule has 0 saturated carbocycles. The molecule has 2 N–H and O–H groups in total. The molecule has 114 valence electrons. The fourth-order valence-electron chi connectivity index (χ4n) is 1.88. The van der Waals surface area contributed by atoms with Gasteiger partial charge in [0.2, 0.25) is 0 Å². The lowest BCUT2D eigenvalue weighted by Gasteiger charge is -2.16. The van der Waals surface area contributed by atoms with Gasteiger partial charge in [-0.3, -0.25) is 0 Å². The molecule has 0 aromatic carbocycles. The third-order valence-electron chi connectivity index (χ3n) is 3.06. The molecular formula is C15H29N5. The highest BCUT2D eigenvalue weighted by molar-refractivity contribution is 5.57. The van der Waals surface area contributed by atoms with Gasteiger partial charge in [0, 0.05) is 31.6 Å². The van der Waals surface area contributed by atoms with Gasteiger partial charge >= 0.3 is 0 Å². The van der Waals surface area contributed by atoms with Gasteiger partial charge in [0.15, 0.2) is 0 Å². The highest BCUT2D eigenvalue weighted by Gasteiger charge is 2.10. The molecule has 0 aliphatic heterocycles. The van der Waals surface area contributed by atoms with Gasteiger partial charge in [-0.25, -0.2) is 9.97 Å². The lowest BCUT2D eigenvalue weighted by molar-refractivity contribution is 0.425. The summed E-state index contributed by atoms with van der Waals surface area (Å²) in [4.78, 5) is 11.4. The summed E-state index contributed by atoms with van der Waals surface area (Å²) in [6.45, 7) is 9.22. The van der Waals surface area contributed by atoms with Crippen LogP contribution in [0.4, 0.5) is 11.6 Å². The molecule has 0 fully saturated rings. The maximum absolute atomic E-state index is 4.65. The molecule has 0 saturated heterocycles. The van der Waals surface area contributed by atoms with E-state index in [1.54, 1.807) is 0 Å². The number of nitrogens with one attached hydrogen (secondary N) is 2. The number of rotatable bonds is 9. The van der Waals surface area contributed by atoms with Gasteiger partial charge in [-0.1, -0.05) is 13.8 Å². The first-order valence-corrected chi connectivity index (χ1v) is 7.58. The molecule has 0 radical (unpaired) electrons. The molecule has 0 amide bonds. The Morgan fingerprint density at radius 3 is 2.05 bits per heavy atom. The summed E-state index contributed by atoms with van der Waals surface area (Å²) in [6, 6.07) is 0. The van der Waals surface area contributed by atoms with Crippen LogP contribution in [0, 0.1) is 6.92 Å². The first kappa shape index (κ1) is 16.7. The zero-order valence-electron chi connectivity index (χ0n) is 13.6. The highest BCUT2D eigenvalue weighted by atomic mass is 15.1. The summed E-state index contributed by atoms with van der Waals surface area (Å²) >= 11 is 0. The Morgan fingerprint density at radius 2 is 1.55 bits per heavy atom. The highest BCUT2D eigenvalue weighted by Crippen LogP contribution is 2.20. The molecule has 0 unspecified atom stereocenters. The zero-order valence-corrected chi connectivity index (χ0v) is 13.6. The lowest BCUT2D eigenvalue weighted by atomic mass is 10.2. The van der Waals surface area contributed by atoms with Gasteiger partial charge in [-0.15, -0.1) is 0 Å². The number of hydrogen-bond acceptors (Lipinski definition) is 5. The molecule has 1 rings (SSSR count). The SMILES string of the molecule is CCCNc1nc(CCC)nc(NCCN(C)C)c1C. The molecule has 5 heteroatoms. The number of hydrogen-bond donors (Lipinski definition) is 2. The molecule has 1 aromatic heterocycles. The normalized spacial score (nSPS) is 10.9. The summed E-state index contributed by atoms with van der Waals surface area (Å²) in [5, 5.41) is 6.83. The van der Waals surface area contributed by atoms with Gasteiger partial charge in [-0.2, -0.15) is 0 Å². The van der Waals surface area contributed by atoms with Crippen LogP contribution in [0.3, 0.4) is 0 Å². The Hall–Kier alpha value is -1.36. The van der Waals surface area contributed by atoms with E-state index in [0.29, 0.717) is 0 Å². The van der Waals surface area contributed by atoms with Gasteiger partial charge in [0.25, 0.3) is 0 Å². The Kier molecular flexibility index (Phi) is 7.30. The van der Waals surface area contributed by atoms with Crippen molar-refractivity contribution >= 4 is 11.6 Å². The van der Waals surface area contributed by atoms with E-state index < -0.39 is 0 Å². The quantitative estimate of drug-likeness (QED) is 0.727. The van der Waals surface area contributed by atoms with Crippen molar-refractivity contribution in [3.8, 4) is 0 Å². The van der Waals surface area contributed by atoms with E-state index >= 15 is 0 Å². The second-order valence-corrected chi connectivity index (χ2v) is 5.37. The minimum atomic E-state index is 0.892. The third-order valence-corrected chi connectivity index (χ3v) is 3.06. The van der Waals surface area contributed by atoms with Crippen LogP contribution in [-0.2, 0) is 6.42 Å². The molecule has 0 aliphatic carbocycles. The summed E-state index contributed by atoms with van der Waals surface area (Å²) in [5.41, 5.74) is 1.11. The van der Waals surface area contributed by atoms with Crippen molar-refractivity contribution in [1.82, 2.24) is 14.9 Å². The minimum Gasteiger partial charge on any atom is -0.370 e. The predicted molar refractivity (Wildman–Crippen MR) is 86.6 cm³/mol. The Balaban J connectivity index is 2.86. The molecular weight excluding hydrogens is 250 g/mol. The van der Waals surface area contributed by atoms with Crippen LogP contribution in [-0.4, -0.2) is 48.6 Å². The van der Waals surface area contributed by atoms with Crippen molar-refractivity contribution in [2.45, 2.75) is 40.0 Å². The molecule has 0 spiro atoms. The molecule has 1 aromatic rings. The summed E-state index contributed by atoms with van der Waals surface area (Å²) in [7, 11) is 4.15. The standard InChI is InChI=1S/C15H29N5/c1-6-8-13-18-14(16-9-7-2)12(3)15(19-13)17-10-11-20(4)5/h6-11H2,1-5H3,(H2,16,17,18,19). The van der Waals surface area contributed by atoms with Crippen LogP contribution >= 0.6 is 0 Å². The molecule has 0 aliphatic rings. The third kappa shape index (κ3) is 5.33. The zero-order chi connectivity index (χ0) is 15.0. The largest absolute Gasteiger partial charge is 0.370 e. The topological polar surface area (TPSA) is 53.1 Å². The molecule has 20 heavy (non-hydrogen) atoms. The van der Waals surface area contributed by atoms with Crippen molar-refractivity contribution in [3.63, 3.8) is 0 Å². The van der Waals surface area contributed by atoms with Crippen LogP contribution in [0.5, 0.6) is 0 Å². The average molecular weight is 279 g/mol. The molecule has 0 atom stereocenters. The van der Waals surface area contributed by atoms with E-state index in [-0.39, 0.29) is 0 Å². The van der Waals surface area contributed by atoms with E-state index in [1.807, 2.05) is 0 Å². The summed E-state index contributed by atoms with van der Waals surface area (Å²) in [6.07, 6.45) is 3.08. The van der Waals surface area contributed by atoms with Crippen molar-refractivity contribution < 1.29 is 0 Å². The fourth-order valence-corrected chi connectivity index (χ4v) is 1.88. The van der Waals surface area contributed by atoms with E-state index in [2.05, 4.69) is 60.4 Å². The summed E-state index contributed by atoms with van der Waals surface area (Å²) in [5.74, 6) is 2.85. The number of aryl methyl sites for hydroxylation is 1. The maximum Gasteiger partial charge on any atom is 0.134 e. The first-order chi connectivity index (χ1) is 9.58. The Bertz CT molecular complexity index is 403. The van der Waals surface area contributed by atoms with Crippen molar-refractivity contribution in [2.75, 3.05) is 44.4 Å². The van der Waals surface area contributed by atoms with Gasteiger partial charge in [0.05, 0.1) is 0 Å². The van der Waals surface area contributed by atoms with Crippen molar-refractivity contribution in [2.24, 2.45) is 0 Å². The van der Waals surface area contributed by atoms with Gasteiger partial charge in [-0.05, 0) is 33.9 Å². The lowest BCUT2D eigenvalue weighted by Crippen LogP contribution is -2.22. The smallest absolute Gasteiger partial charge is 0.134 e. The summed E-state index contributed by atoms with van der Waals surface area (Å²) < 4.78 is 0. The van der Waals surface area contributed by atoms with Crippen LogP contribution in [0.1, 0.15) is 38.1 Å². The first-order valence-electron chi connectivity index (χ1n) is 7.58. The minimum absolute atomic E-state index is 0.892. The van der Waals surface area contributed by atoms with E-state index in [0.717, 1.165) is 61.9 Å². The number of likely N-dealkylation sites (N-methyl/N-ethyl adjacent to an activating group) is 1. The number of nitrogens with zero attached hydrogens (tertiary/aromatic N) is 3. The number of anilines is 2. The van der Waals surface area contributed by atoms with Crippen LogP contribution < -0.4 is 10.6 Å². The van der Waals surface area contributed by atoms with Gasteiger partial charge < -0.3 is 15.5 Å². The molecule has 5 nitrogen and oxygen atoms in total. The van der Waals surface area contributed by atoms with E-state index in [1.165, 1.54) is 0 Å². The molecule has 0 bridgehead atoms. The van der Waals surface area contributed by atoms with Crippen LogP contribution in [0.2, 0.25) is 0 Å². The molecule has 1 heterocycles. The van der Waals surface area contributed by atoms with Crippen molar-refractivity contribution in [1.29, 1.82) is 0 Å². The number of aromatic nitrogens is 2. The maximum atomic E-state index is 4.65. The average Bonchev–Trinajstić information content (AvgIpc) is 2.40. The Morgan fingerprint density at radius 1 is 0.950 bits per heavy atom. The van der Waals surface area contributed by atoms with E-state index in [9.17, 15) is 0 Å². The second-order valence-electron chi connectivity index (χ2n) is 5.37. The van der Waals surface area contributed by atoms with Crippen molar-refractivity contribution in [3.05, 3.63) is 11.4 Å².